The number of benzene rings is 1. The van der Waals surface area contributed by atoms with Crippen molar-refractivity contribution < 1.29 is 9.53 Å². The molecule has 0 unspecified atom stereocenters. The zero-order chi connectivity index (χ0) is 16.9. The van der Waals surface area contributed by atoms with Gasteiger partial charge in [0.1, 0.15) is 21.9 Å². The molecule has 3 rings (SSSR count). The second-order valence-electron chi connectivity index (χ2n) is 5.11. The van der Waals surface area contributed by atoms with Gasteiger partial charge in [-0.3, -0.25) is 4.79 Å². The quantitative estimate of drug-likeness (QED) is 0.539. The molecule has 1 N–H and O–H groups in total. The molecule has 0 saturated carbocycles. The van der Waals surface area contributed by atoms with E-state index in [1.54, 1.807) is 24.8 Å². The van der Waals surface area contributed by atoms with Gasteiger partial charge in [-0.05, 0) is 24.4 Å². The van der Waals surface area contributed by atoms with Crippen LogP contribution in [0.3, 0.4) is 0 Å². The number of thiophene rings is 1. The number of amides is 1. The van der Waals surface area contributed by atoms with E-state index in [-0.39, 0.29) is 11.2 Å². The van der Waals surface area contributed by atoms with Crippen LogP contribution in [0.15, 0.2) is 47.1 Å². The normalized spacial score (nSPS) is 12.1. The first-order valence-corrected chi connectivity index (χ1v) is 9.19. The highest BCUT2D eigenvalue weighted by atomic mass is 32.2. The fourth-order valence-corrected chi connectivity index (χ4v) is 3.98. The van der Waals surface area contributed by atoms with Crippen LogP contribution in [0.1, 0.15) is 12.5 Å². The molecule has 0 aliphatic heterocycles. The van der Waals surface area contributed by atoms with Crippen molar-refractivity contribution in [1.82, 2.24) is 15.3 Å². The van der Waals surface area contributed by atoms with Crippen LogP contribution in [0.4, 0.5) is 0 Å². The van der Waals surface area contributed by atoms with Crippen molar-refractivity contribution >= 4 is 39.2 Å². The van der Waals surface area contributed by atoms with Crippen LogP contribution in [0, 0.1) is 0 Å². The summed E-state index contributed by atoms with van der Waals surface area (Å²) in [6.07, 6.45) is 1.54. The molecular weight excluding hydrogens is 342 g/mol. The molecule has 24 heavy (non-hydrogen) atoms. The van der Waals surface area contributed by atoms with Crippen molar-refractivity contribution in [3.63, 3.8) is 0 Å². The van der Waals surface area contributed by atoms with Crippen LogP contribution < -0.4 is 10.1 Å². The van der Waals surface area contributed by atoms with Crippen LogP contribution in [0.5, 0.6) is 5.75 Å². The van der Waals surface area contributed by atoms with Crippen LogP contribution in [-0.4, -0.2) is 28.2 Å². The summed E-state index contributed by atoms with van der Waals surface area (Å²) in [4.78, 5) is 21.9. The van der Waals surface area contributed by atoms with E-state index in [1.807, 2.05) is 42.6 Å². The molecule has 0 aliphatic rings. The lowest BCUT2D eigenvalue weighted by molar-refractivity contribution is -0.120. The highest BCUT2D eigenvalue weighted by Crippen LogP contribution is 2.30. The Balaban J connectivity index is 1.64. The summed E-state index contributed by atoms with van der Waals surface area (Å²) in [6, 6.07) is 9.64. The average molecular weight is 359 g/mol. The lowest BCUT2D eigenvalue weighted by atomic mass is 10.2. The molecule has 5 nitrogen and oxygen atoms in total. The van der Waals surface area contributed by atoms with Gasteiger partial charge in [-0.15, -0.1) is 11.3 Å². The van der Waals surface area contributed by atoms with Gasteiger partial charge >= 0.3 is 0 Å². The average Bonchev–Trinajstić information content (AvgIpc) is 3.09. The fraction of sp³-hybridized carbons (Fsp3) is 0.235. The molecule has 0 saturated heterocycles. The number of hydrogen-bond acceptors (Lipinski definition) is 6. The molecule has 3 aromatic rings. The van der Waals surface area contributed by atoms with E-state index in [0.29, 0.717) is 6.54 Å². The number of hydrogen-bond donors (Lipinski definition) is 1. The SMILES string of the molecule is COc1ccccc1CNC(=O)[C@@H](C)Sc1ncnc2sccc12. The molecule has 0 bridgehead atoms. The number of rotatable bonds is 6. The summed E-state index contributed by atoms with van der Waals surface area (Å²) in [5.74, 6) is 0.738. The minimum absolute atomic E-state index is 0.0344. The third-order valence-electron chi connectivity index (χ3n) is 3.53. The number of thioether (sulfide) groups is 1. The fourth-order valence-electron chi connectivity index (χ4n) is 2.26. The molecule has 0 fully saturated rings. The van der Waals surface area contributed by atoms with Crippen LogP contribution in [0.25, 0.3) is 10.2 Å². The molecule has 0 aliphatic carbocycles. The van der Waals surface area contributed by atoms with E-state index < -0.39 is 0 Å². The Labute approximate surface area is 148 Å². The molecule has 1 amide bonds. The van der Waals surface area contributed by atoms with E-state index in [2.05, 4.69) is 15.3 Å². The molecule has 124 valence electrons. The molecule has 7 heteroatoms. The molecule has 2 heterocycles. The Morgan fingerprint density at radius 3 is 3.00 bits per heavy atom. The number of nitrogens with zero attached hydrogens (tertiary/aromatic N) is 2. The first-order valence-electron chi connectivity index (χ1n) is 7.43. The van der Waals surface area contributed by atoms with Gasteiger partial charge < -0.3 is 10.1 Å². The van der Waals surface area contributed by atoms with E-state index in [9.17, 15) is 4.79 Å². The monoisotopic (exact) mass is 359 g/mol. The van der Waals surface area contributed by atoms with Crippen molar-refractivity contribution in [2.45, 2.75) is 23.7 Å². The number of para-hydroxylation sites is 1. The minimum atomic E-state index is -0.252. The summed E-state index contributed by atoms with van der Waals surface area (Å²) in [5.41, 5.74) is 0.952. The summed E-state index contributed by atoms with van der Waals surface area (Å²) in [5, 5.41) is 6.52. The molecule has 1 atom stereocenters. The number of methoxy groups -OCH3 is 1. The maximum atomic E-state index is 12.4. The van der Waals surface area contributed by atoms with Crippen molar-refractivity contribution in [3.8, 4) is 5.75 Å². The van der Waals surface area contributed by atoms with Crippen molar-refractivity contribution in [2.75, 3.05) is 7.11 Å². The Morgan fingerprint density at radius 1 is 1.33 bits per heavy atom. The predicted octanol–water partition coefficient (Wildman–Crippen LogP) is 3.50. The molecule has 0 radical (unpaired) electrons. The van der Waals surface area contributed by atoms with E-state index in [4.69, 9.17) is 4.74 Å². The summed E-state index contributed by atoms with van der Waals surface area (Å²) in [7, 11) is 1.63. The largest absolute Gasteiger partial charge is 0.496 e. The highest BCUT2D eigenvalue weighted by Gasteiger charge is 2.17. The van der Waals surface area contributed by atoms with E-state index in [0.717, 1.165) is 26.6 Å². The van der Waals surface area contributed by atoms with Gasteiger partial charge in [-0.2, -0.15) is 0 Å². The number of carbonyl (C=O) groups excluding carboxylic acids is 1. The van der Waals surface area contributed by atoms with E-state index in [1.165, 1.54) is 11.8 Å². The van der Waals surface area contributed by atoms with Gasteiger partial charge in [0, 0.05) is 17.5 Å². The Kier molecular flexibility index (Phi) is 5.32. The summed E-state index contributed by atoms with van der Waals surface area (Å²) in [6.45, 7) is 2.31. The number of nitrogens with one attached hydrogen (secondary N) is 1. The lowest BCUT2D eigenvalue weighted by Gasteiger charge is -2.13. The van der Waals surface area contributed by atoms with Gasteiger partial charge in [0.2, 0.25) is 5.91 Å². The highest BCUT2D eigenvalue weighted by molar-refractivity contribution is 8.00. The van der Waals surface area contributed by atoms with E-state index >= 15 is 0 Å². The second-order valence-corrected chi connectivity index (χ2v) is 7.33. The number of aromatic nitrogens is 2. The standard InChI is InChI=1S/C17H17N3O2S2/c1-11(24-17-13-7-8-23-16(13)19-10-20-17)15(21)18-9-12-5-3-4-6-14(12)22-2/h3-8,10-11H,9H2,1-2H3,(H,18,21)/t11-/m1/s1. The first kappa shape index (κ1) is 16.7. The van der Waals surface area contributed by atoms with Crippen LogP contribution >= 0.6 is 23.1 Å². The van der Waals surface area contributed by atoms with Crippen LogP contribution in [0.2, 0.25) is 0 Å². The zero-order valence-corrected chi connectivity index (χ0v) is 15.0. The third kappa shape index (κ3) is 3.68. The first-order chi connectivity index (χ1) is 11.7. The number of ether oxygens (including phenoxy) is 1. The molecule has 2 aromatic heterocycles. The Hall–Kier alpha value is -2.12. The minimum Gasteiger partial charge on any atom is -0.496 e. The maximum Gasteiger partial charge on any atom is 0.233 e. The van der Waals surface area contributed by atoms with Crippen molar-refractivity contribution in [2.24, 2.45) is 0 Å². The van der Waals surface area contributed by atoms with Gasteiger partial charge in [-0.1, -0.05) is 30.0 Å². The lowest BCUT2D eigenvalue weighted by Crippen LogP contribution is -2.30. The Bertz CT molecular complexity index is 850. The van der Waals surface area contributed by atoms with Crippen molar-refractivity contribution in [3.05, 3.63) is 47.6 Å². The number of carbonyl (C=O) groups is 1. The topological polar surface area (TPSA) is 64.1 Å². The van der Waals surface area contributed by atoms with Gasteiger partial charge in [0.25, 0.3) is 0 Å². The summed E-state index contributed by atoms with van der Waals surface area (Å²) < 4.78 is 5.30. The summed E-state index contributed by atoms with van der Waals surface area (Å²) >= 11 is 3.01. The zero-order valence-electron chi connectivity index (χ0n) is 13.4. The predicted molar refractivity (Wildman–Crippen MR) is 97.6 cm³/mol. The Morgan fingerprint density at radius 2 is 2.17 bits per heavy atom. The van der Waals surface area contributed by atoms with Crippen molar-refractivity contribution in [1.29, 1.82) is 0 Å². The van der Waals surface area contributed by atoms with Gasteiger partial charge in [0.15, 0.2) is 0 Å². The molecule has 1 aromatic carbocycles. The van der Waals surface area contributed by atoms with Gasteiger partial charge in [-0.25, -0.2) is 9.97 Å². The third-order valence-corrected chi connectivity index (χ3v) is 5.47. The molecular formula is C17H17N3O2S2. The van der Waals surface area contributed by atoms with Gasteiger partial charge in [0.05, 0.1) is 12.4 Å². The molecule has 0 spiro atoms. The van der Waals surface area contributed by atoms with Crippen LogP contribution in [-0.2, 0) is 11.3 Å². The maximum absolute atomic E-state index is 12.4. The second kappa shape index (κ2) is 7.63. The smallest absolute Gasteiger partial charge is 0.233 e. The number of fused-ring (bicyclic) bond motifs is 1.